The number of ether oxygens (including phenoxy) is 1. The average Bonchev–Trinajstić information content (AvgIpc) is 3.01. The standard InChI is InChI=1S/C21H27F2N3O2.ClH/c1-28-20(12-5-6-25-18(7-12)19(24)27)13-3-2-4-14(20)11-26(10-13)15-8-16-17(9-15)21(16,22)23;/h5-7,13-17H,2-4,8-11H2,1H3,(H2,24,27);1H/t13-,14+,15?,16-,17+,20?;. The zero-order valence-electron chi connectivity index (χ0n) is 16.5. The van der Waals surface area contributed by atoms with Gasteiger partial charge in [0.15, 0.2) is 0 Å². The normalized spacial score (nSPS) is 40.0. The summed E-state index contributed by atoms with van der Waals surface area (Å²) in [5, 5.41) is 0. The maximum absolute atomic E-state index is 13.6. The Morgan fingerprint density at radius 1 is 1.24 bits per heavy atom. The summed E-state index contributed by atoms with van der Waals surface area (Å²) in [7, 11) is 1.75. The lowest BCUT2D eigenvalue weighted by atomic mass is 9.62. The first-order valence-corrected chi connectivity index (χ1v) is 10.3. The van der Waals surface area contributed by atoms with Crippen molar-refractivity contribution in [3.8, 4) is 0 Å². The smallest absolute Gasteiger partial charge is 0.267 e. The molecular weight excluding hydrogens is 400 g/mol. The highest BCUT2D eigenvalue weighted by Gasteiger charge is 2.72. The van der Waals surface area contributed by atoms with Crippen molar-refractivity contribution < 1.29 is 18.3 Å². The van der Waals surface area contributed by atoms with Crippen LogP contribution in [-0.2, 0) is 10.3 Å². The van der Waals surface area contributed by atoms with Gasteiger partial charge in [-0.05, 0) is 43.4 Å². The second-order valence-corrected chi connectivity index (χ2v) is 9.08. The second kappa shape index (κ2) is 7.13. The van der Waals surface area contributed by atoms with Crippen molar-refractivity contribution in [2.75, 3.05) is 20.2 Å². The van der Waals surface area contributed by atoms with Crippen LogP contribution in [0.15, 0.2) is 18.3 Å². The molecule has 3 saturated carbocycles. The Labute approximate surface area is 175 Å². The van der Waals surface area contributed by atoms with Crippen LogP contribution < -0.4 is 5.73 Å². The lowest BCUT2D eigenvalue weighted by molar-refractivity contribution is -0.175. The first kappa shape index (κ1) is 20.9. The molecule has 1 aromatic rings. The molecule has 2 N–H and O–H groups in total. The van der Waals surface area contributed by atoms with Crippen LogP contribution in [0.25, 0.3) is 0 Å². The Hall–Kier alpha value is -1.31. The molecule has 2 bridgehead atoms. The molecule has 2 heterocycles. The average molecular weight is 428 g/mol. The van der Waals surface area contributed by atoms with Crippen molar-refractivity contribution in [3.05, 3.63) is 29.6 Å². The van der Waals surface area contributed by atoms with Crippen molar-refractivity contribution >= 4 is 18.3 Å². The number of aromatic nitrogens is 1. The van der Waals surface area contributed by atoms with Crippen LogP contribution in [0.3, 0.4) is 0 Å². The number of methoxy groups -OCH3 is 1. The van der Waals surface area contributed by atoms with Crippen LogP contribution in [0.5, 0.6) is 0 Å². The SMILES string of the molecule is COC1(c2ccnc(C(N)=O)c2)[C@@H]2CCC[C@H]1CN(C1C[C@@H]3[C@H](C1)C3(F)F)C2.Cl. The summed E-state index contributed by atoms with van der Waals surface area (Å²) in [6.45, 7) is 1.71. The number of nitrogens with two attached hydrogens (primary N) is 1. The highest BCUT2D eigenvalue weighted by Crippen LogP contribution is 2.65. The largest absolute Gasteiger partial charge is 0.373 e. The Kier molecular flexibility index (Phi) is 5.15. The summed E-state index contributed by atoms with van der Waals surface area (Å²) >= 11 is 0. The number of primary amides is 1. The number of carbonyl (C=O) groups excluding carboxylic acids is 1. The number of nitrogens with zero attached hydrogens (tertiary/aromatic N) is 2. The molecule has 4 fully saturated rings. The quantitative estimate of drug-likeness (QED) is 0.801. The van der Waals surface area contributed by atoms with Gasteiger partial charge >= 0.3 is 0 Å². The number of likely N-dealkylation sites (tertiary alicyclic amines) is 1. The molecule has 1 aliphatic heterocycles. The molecule has 1 saturated heterocycles. The molecular formula is C21H28ClF2N3O2. The van der Waals surface area contributed by atoms with Gasteiger partial charge in [-0.15, -0.1) is 12.4 Å². The monoisotopic (exact) mass is 427 g/mol. The van der Waals surface area contributed by atoms with Gasteiger partial charge in [-0.3, -0.25) is 14.7 Å². The van der Waals surface area contributed by atoms with Crippen LogP contribution in [-0.4, -0.2) is 48.0 Å². The molecule has 4 aliphatic rings. The van der Waals surface area contributed by atoms with Gasteiger partial charge in [-0.1, -0.05) is 6.42 Å². The number of halogens is 3. The lowest BCUT2D eigenvalue weighted by Crippen LogP contribution is -2.60. The number of amides is 1. The van der Waals surface area contributed by atoms with E-state index in [1.54, 1.807) is 19.4 Å². The maximum atomic E-state index is 13.6. The molecule has 8 heteroatoms. The van der Waals surface area contributed by atoms with Crippen LogP contribution in [0, 0.1) is 23.7 Å². The van der Waals surface area contributed by atoms with E-state index in [0.717, 1.165) is 37.9 Å². The van der Waals surface area contributed by atoms with E-state index in [2.05, 4.69) is 9.88 Å². The molecule has 0 radical (unpaired) electrons. The van der Waals surface area contributed by atoms with Gasteiger partial charge in [0.1, 0.15) is 11.3 Å². The molecule has 0 spiro atoms. The molecule has 3 aliphatic carbocycles. The highest BCUT2D eigenvalue weighted by molar-refractivity contribution is 5.90. The Morgan fingerprint density at radius 2 is 1.86 bits per heavy atom. The number of rotatable bonds is 4. The van der Waals surface area contributed by atoms with Crippen molar-refractivity contribution in [3.63, 3.8) is 0 Å². The Morgan fingerprint density at radius 3 is 2.41 bits per heavy atom. The molecule has 5 nitrogen and oxygen atoms in total. The minimum absolute atomic E-state index is 0. The van der Waals surface area contributed by atoms with Gasteiger partial charge in [0, 0.05) is 56.1 Å². The molecule has 1 amide bonds. The van der Waals surface area contributed by atoms with Crippen LogP contribution in [0.4, 0.5) is 8.78 Å². The third kappa shape index (κ3) is 3.00. The molecule has 1 aromatic heterocycles. The van der Waals surface area contributed by atoms with E-state index >= 15 is 0 Å². The molecule has 5 rings (SSSR count). The number of alkyl halides is 2. The number of fused-ring (bicyclic) bond motifs is 3. The first-order chi connectivity index (χ1) is 13.4. The van der Waals surface area contributed by atoms with Crippen LogP contribution >= 0.6 is 12.4 Å². The third-order valence-corrected chi connectivity index (χ3v) is 7.96. The predicted octanol–water partition coefficient (Wildman–Crippen LogP) is 3.22. The van der Waals surface area contributed by atoms with Crippen LogP contribution in [0.1, 0.15) is 48.2 Å². The highest BCUT2D eigenvalue weighted by atomic mass is 35.5. The summed E-state index contributed by atoms with van der Waals surface area (Å²) in [5.74, 6) is -3.21. The molecule has 0 aromatic carbocycles. The zero-order chi connectivity index (χ0) is 19.7. The molecule has 29 heavy (non-hydrogen) atoms. The molecule has 2 unspecified atom stereocenters. The van der Waals surface area contributed by atoms with Crippen molar-refractivity contribution in [2.45, 2.75) is 49.7 Å². The third-order valence-electron chi connectivity index (χ3n) is 7.96. The Bertz CT molecular complexity index is 780. The fraction of sp³-hybridized carbons (Fsp3) is 0.714. The van der Waals surface area contributed by atoms with E-state index in [1.165, 1.54) is 0 Å². The summed E-state index contributed by atoms with van der Waals surface area (Å²) in [5.41, 5.74) is 6.20. The minimum atomic E-state index is -2.42. The van der Waals surface area contributed by atoms with Gasteiger partial charge in [-0.25, -0.2) is 8.78 Å². The van der Waals surface area contributed by atoms with Gasteiger partial charge in [0.25, 0.3) is 11.8 Å². The van der Waals surface area contributed by atoms with Gasteiger partial charge < -0.3 is 10.5 Å². The summed E-state index contributed by atoms with van der Waals surface area (Å²) in [4.78, 5) is 18.2. The fourth-order valence-corrected chi connectivity index (χ4v) is 6.58. The van der Waals surface area contributed by atoms with Crippen molar-refractivity contribution in [2.24, 2.45) is 29.4 Å². The number of pyridine rings is 1. The summed E-state index contributed by atoms with van der Waals surface area (Å²) in [6.07, 6.45) is 6.09. The van der Waals surface area contributed by atoms with E-state index in [1.807, 2.05) is 6.07 Å². The van der Waals surface area contributed by atoms with Gasteiger partial charge in [-0.2, -0.15) is 0 Å². The number of piperidine rings is 1. The van der Waals surface area contributed by atoms with Gasteiger partial charge in [0.2, 0.25) is 0 Å². The number of carbonyl (C=O) groups is 1. The summed E-state index contributed by atoms with van der Waals surface area (Å²) in [6, 6.07) is 3.98. The van der Waals surface area contributed by atoms with E-state index < -0.39 is 29.3 Å². The first-order valence-electron chi connectivity index (χ1n) is 10.3. The van der Waals surface area contributed by atoms with Gasteiger partial charge in [0.05, 0.1) is 0 Å². The van der Waals surface area contributed by atoms with Crippen molar-refractivity contribution in [1.29, 1.82) is 0 Å². The second-order valence-electron chi connectivity index (χ2n) is 9.08. The topological polar surface area (TPSA) is 68.5 Å². The maximum Gasteiger partial charge on any atom is 0.267 e. The van der Waals surface area contributed by atoms with E-state index in [0.29, 0.717) is 12.8 Å². The molecule has 6 atom stereocenters. The number of hydrogen-bond donors (Lipinski definition) is 1. The predicted molar refractivity (Wildman–Crippen MR) is 106 cm³/mol. The number of hydrogen-bond acceptors (Lipinski definition) is 4. The lowest BCUT2D eigenvalue weighted by Gasteiger charge is -2.56. The van der Waals surface area contributed by atoms with E-state index in [9.17, 15) is 13.6 Å². The van der Waals surface area contributed by atoms with E-state index in [4.69, 9.17) is 10.5 Å². The van der Waals surface area contributed by atoms with Crippen molar-refractivity contribution in [1.82, 2.24) is 9.88 Å². The fourth-order valence-electron chi connectivity index (χ4n) is 6.58. The Balaban J connectivity index is 0.00000205. The summed E-state index contributed by atoms with van der Waals surface area (Å²) < 4.78 is 33.5. The minimum Gasteiger partial charge on any atom is -0.373 e. The van der Waals surface area contributed by atoms with Crippen LogP contribution in [0.2, 0.25) is 0 Å². The molecule has 160 valence electrons. The zero-order valence-corrected chi connectivity index (χ0v) is 17.3. The van der Waals surface area contributed by atoms with E-state index in [-0.39, 0.29) is 36.0 Å².